The predicted molar refractivity (Wildman–Crippen MR) is 107 cm³/mol. The second-order valence-corrected chi connectivity index (χ2v) is 6.90. The van der Waals surface area contributed by atoms with Crippen molar-refractivity contribution in [2.75, 3.05) is 5.32 Å². The summed E-state index contributed by atoms with van der Waals surface area (Å²) in [6, 6.07) is 11.3. The summed E-state index contributed by atoms with van der Waals surface area (Å²) in [5.41, 5.74) is 1.92. The van der Waals surface area contributed by atoms with E-state index in [1.807, 2.05) is 6.07 Å². The summed E-state index contributed by atoms with van der Waals surface area (Å²) >= 11 is 18.2. The molecule has 2 heterocycles. The largest absolute Gasteiger partial charge is 0.340 e. The molecule has 134 valence electrons. The van der Waals surface area contributed by atoms with Crippen LogP contribution in [0.4, 0.5) is 15.9 Å². The zero-order valence-electron chi connectivity index (χ0n) is 13.5. The van der Waals surface area contributed by atoms with E-state index in [9.17, 15) is 4.39 Å². The number of aromatic nitrogens is 3. The summed E-state index contributed by atoms with van der Waals surface area (Å²) in [5.74, 6) is 0.449. The van der Waals surface area contributed by atoms with Gasteiger partial charge in [-0.1, -0.05) is 34.8 Å². The standard InChI is InChI=1S/C19H10Cl3FN4/c20-13-7-12-17(8-14(13)21)26-18(10-2-1-5-24-9-10)27-19(12)25-11-3-4-16(23)15(22)6-11/h1-9H,(H,25,26,27). The maximum absolute atomic E-state index is 13.4. The normalized spacial score (nSPS) is 11.0. The molecular formula is C19H10Cl3FN4. The van der Waals surface area contributed by atoms with Gasteiger partial charge < -0.3 is 5.32 Å². The van der Waals surface area contributed by atoms with Gasteiger partial charge in [0.25, 0.3) is 0 Å². The number of rotatable bonds is 3. The van der Waals surface area contributed by atoms with Crippen molar-refractivity contribution >= 4 is 57.2 Å². The maximum Gasteiger partial charge on any atom is 0.163 e. The average Bonchev–Trinajstić information content (AvgIpc) is 2.67. The third kappa shape index (κ3) is 3.67. The summed E-state index contributed by atoms with van der Waals surface area (Å²) in [6.07, 6.45) is 3.33. The smallest absolute Gasteiger partial charge is 0.163 e. The second kappa shape index (κ2) is 7.27. The maximum atomic E-state index is 13.4. The van der Waals surface area contributed by atoms with Crippen LogP contribution in [0.15, 0.2) is 54.9 Å². The molecule has 4 rings (SSSR count). The van der Waals surface area contributed by atoms with Crippen molar-refractivity contribution in [1.82, 2.24) is 15.0 Å². The first-order valence-electron chi connectivity index (χ1n) is 7.80. The first-order valence-corrected chi connectivity index (χ1v) is 8.94. The molecule has 4 nitrogen and oxygen atoms in total. The lowest BCUT2D eigenvalue weighted by Crippen LogP contribution is -2.00. The predicted octanol–water partition coefficient (Wildman–Crippen LogP) is 6.53. The second-order valence-electron chi connectivity index (χ2n) is 5.67. The Morgan fingerprint density at radius 3 is 2.44 bits per heavy atom. The van der Waals surface area contributed by atoms with Crippen molar-refractivity contribution < 1.29 is 4.39 Å². The molecule has 8 heteroatoms. The van der Waals surface area contributed by atoms with Crippen LogP contribution in [0.2, 0.25) is 15.1 Å². The summed E-state index contributed by atoms with van der Waals surface area (Å²) in [6.45, 7) is 0. The van der Waals surface area contributed by atoms with Gasteiger partial charge in [0.15, 0.2) is 5.82 Å². The quantitative estimate of drug-likeness (QED) is 0.410. The van der Waals surface area contributed by atoms with Crippen molar-refractivity contribution in [3.05, 3.63) is 75.7 Å². The molecule has 4 aromatic rings. The van der Waals surface area contributed by atoms with Gasteiger partial charge in [0.05, 0.1) is 20.6 Å². The SMILES string of the molecule is Fc1ccc(Nc2nc(-c3cccnc3)nc3cc(Cl)c(Cl)cc23)cc1Cl. The third-order valence-corrected chi connectivity index (χ3v) is 4.85. The summed E-state index contributed by atoms with van der Waals surface area (Å²) < 4.78 is 13.4. The molecule has 0 aliphatic carbocycles. The van der Waals surface area contributed by atoms with Crippen LogP contribution >= 0.6 is 34.8 Å². The minimum absolute atomic E-state index is 0.00641. The molecule has 0 fully saturated rings. The average molecular weight is 420 g/mol. The molecule has 27 heavy (non-hydrogen) atoms. The number of hydrogen-bond donors (Lipinski definition) is 1. The van der Waals surface area contributed by atoms with E-state index in [0.29, 0.717) is 38.3 Å². The molecule has 0 saturated heterocycles. The number of benzene rings is 2. The van der Waals surface area contributed by atoms with Crippen LogP contribution in [-0.4, -0.2) is 15.0 Å². The van der Waals surface area contributed by atoms with E-state index < -0.39 is 5.82 Å². The Morgan fingerprint density at radius 2 is 1.70 bits per heavy atom. The van der Waals surface area contributed by atoms with Gasteiger partial charge in [-0.15, -0.1) is 0 Å². The van der Waals surface area contributed by atoms with E-state index in [4.69, 9.17) is 34.8 Å². The van der Waals surface area contributed by atoms with Gasteiger partial charge in [0.1, 0.15) is 11.6 Å². The van der Waals surface area contributed by atoms with Crippen LogP contribution < -0.4 is 5.32 Å². The lowest BCUT2D eigenvalue weighted by atomic mass is 10.2. The molecule has 0 saturated carbocycles. The zero-order chi connectivity index (χ0) is 19.0. The van der Waals surface area contributed by atoms with Gasteiger partial charge in [0, 0.05) is 29.0 Å². The minimum Gasteiger partial charge on any atom is -0.340 e. The number of halogens is 4. The summed E-state index contributed by atoms with van der Waals surface area (Å²) in [5, 5.41) is 4.58. The lowest BCUT2D eigenvalue weighted by Gasteiger charge is -2.12. The Bertz CT molecular complexity index is 1150. The van der Waals surface area contributed by atoms with Crippen LogP contribution in [0.25, 0.3) is 22.3 Å². The number of fused-ring (bicyclic) bond motifs is 1. The molecule has 0 aliphatic heterocycles. The van der Waals surface area contributed by atoms with Crippen LogP contribution in [-0.2, 0) is 0 Å². The zero-order valence-corrected chi connectivity index (χ0v) is 15.8. The van der Waals surface area contributed by atoms with Gasteiger partial charge in [0.2, 0.25) is 0 Å². The molecule has 2 aromatic heterocycles. The van der Waals surface area contributed by atoms with Crippen LogP contribution in [0.5, 0.6) is 0 Å². The molecule has 1 N–H and O–H groups in total. The molecule has 0 bridgehead atoms. The first-order chi connectivity index (χ1) is 13.0. The Balaban J connectivity index is 1.90. The fourth-order valence-electron chi connectivity index (χ4n) is 2.55. The molecule has 0 unspecified atom stereocenters. The Kier molecular flexibility index (Phi) is 4.83. The fraction of sp³-hybridized carbons (Fsp3) is 0. The highest BCUT2D eigenvalue weighted by Crippen LogP contribution is 2.33. The van der Waals surface area contributed by atoms with Crippen molar-refractivity contribution in [3.8, 4) is 11.4 Å². The molecule has 0 atom stereocenters. The van der Waals surface area contributed by atoms with E-state index >= 15 is 0 Å². The first kappa shape index (κ1) is 17.9. The highest BCUT2D eigenvalue weighted by Gasteiger charge is 2.13. The van der Waals surface area contributed by atoms with Crippen molar-refractivity contribution in [3.63, 3.8) is 0 Å². The molecule has 0 radical (unpaired) electrons. The Hall–Kier alpha value is -2.47. The highest BCUT2D eigenvalue weighted by molar-refractivity contribution is 6.42. The number of pyridine rings is 1. The van der Waals surface area contributed by atoms with Gasteiger partial charge in [-0.2, -0.15) is 0 Å². The van der Waals surface area contributed by atoms with Crippen LogP contribution in [0, 0.1) is 5.82 Å². The van der Waals surface area contributed by atoms with Crippen molar-refractivity contribution in [2.45, 2.75) is 0 Å². The highest BCUT2D eigenvalue weighted by atomic mass is 35.5. The summed E-state index contributed by atoms with van der Waals surface area (Å²) in [4.78, 5) is 13.3. The number of nitrogens with zero attached hydrogens (tertiary/aromatic N) is 3. The summed E-state index contributed by atoms with van der Waals surface area (Å²) in [7, 11) is 0. The minimum atomic E-state index is -0.499. The Labute approximate surface area is 169 Å². The topological polar surface area (TPSA) is 50.7 Å². The van der Waals surface area contributed by atoms with E-state index in [0.717, 1.165) is 5.56 Å². The molecular weight excluding hydrogens is 410 g/mol. The number of nitrogens with one attached hydrogen (secondary N) is 1. The Morgan fingerprint density at radius 1 is 0.889 bits per heavy atom. The number of anilines is 2. The molecule has 0 spiro atoms. The van der Waals surface area contributed by atoms with Crippen LogP contribution in [0.3, 0.4) is 0 Å². The molecule has 0 aliphatic rings. The fourth-order valence-corrected chi connectivity index (χ4v) is 3.06. The van der Waals surface area contributed by atoms with E-state index in [2.05, 4.69) is 20.3 Å². The third-order valence-electron chi connectivity index (χ3n) is 3.84. The van der Waals surface area contributed by atoms with E-state index in [-0.39, 0.29) is 5.02 Å². The van der Waals surface area contributed by atoms with Crippen molar-refractivity contribution in [2.24, 2.45) is 0 Å². The van der Waals surface area contributed by atoms with E-state index in [1.165, 1.54) is 12.1 Å². The molecule has 2 aromatic carbocycles. The van der Waals surface area contributed by atoms with Gasteiger partial charge in [-0.3, -0.25) is 4.98 Å². The monoisotopic (exact) mass is 418 g/mol. The van der Waals surface area contributed by atoms with Gasteiger partial charge in [-0.05, 0) is 42.5 Å². The van der Waals surface area contributed by atoms with E-state index in [1.54, 1.807) is 36.7 Å². The van der Waals surface area contributed by atoms with Crippen molar-refractivity contribution in [1.29, 1.82) is 0 Å². The molecule has 0 amide bonds. The number of hydrogen-bond acceptors (Lipinski definition) is 4. The lowest BCUT2D eigenvalue weighted by molar-refractivity contribution is 0.628. The van der Waals surface area contributed by atoms with Crippen LogP contribution in [0.1, 0.15) is 0 Å². The van der Waals surface area contributed by atoms with Gasteiger partial charge in [-0.25, -0.2) is 14.4 Å². The van der Waals surface area contributed by atoms with Gasteiger partial charge >= 0.3 is 0 Å².